The van der Waals surface area contributed by atoms with Crippen molar-refractivity contribution in [1.29, 1.82) is 0 Å². The van der Waals surface area contributed by atoms with Crippen LogP contribution in [0.4, 0.5) is 0 Å². The van der Waals surface area contributed by atoms with Gasteiger partial charge in [-0.05, 0) is 0 Å². The largest absolute Gasteiger partial charge is 0.359 e. The molecular weight excluding hydrogens is 428 g/mol. The molecule has 0 rings (SSSR count). The van der Waals surface area contributed by atoms with Crippen molar-refractivity contribution in [3.05, 3.63) is 0 Å². The minimum Gasteiger partial charge on any atom is -0.359 e. The van der Waals surface area contributed by atoms with Crippen LogP contribution >= 0.6 is 47.2 Å². The van der Waals surface area contributed by atoms with Gasteiger partial charge in [0, 0.05) is 72.7 Å². The number of carbonyl (C=O) groups is 4. The monoisotopic (exact) mass is 456 g/mol. The highest BCUT2D eigenvalue weighted by molar-refractivity contribution is 8.75. The van der Waals surface area contributed by atoms with Crippen LogP contribution in [-0.4, -0.2) is 61.1 Å². The molecule has 0 radical (unpaired) electrons. The Hall–Kier alpha value is -0.400. The first-order chi connectivity index (χ1) is 12.8. The summed E-state index contributed by atoms with van der Waals surface area (Å²) in [5.74, 6) is -0.444. The van der Waals surface area contributed by atoms with Gasteiger partial charge < -0.3 is 10.6 Å². The molecule has 0 heterocycles. The average molecular weight is 457 g/mol. The highest BCUT2D eigenvalue weighted by Gasteiger charge is 2.25. The summed E-state index contributed by atoms with van der Waals surface area (Å²) in [4.78, 5) is 47.0. The van der Waals surface area contributed by atoms with E-state index in [2.05, 4.69) is 45.3 Å². The lowest BCUT2D eigenvalue weighted by atomic mass is 9.98. The number of hydrogen-bond acceptors (Lipinski definition) is 10. The Morgan fingerprint density at radius 1 is 0.852 bits per heavy atom. The normalized spacial score (nSPS) is 14.1. The quantitative estimate of drug-likeness (QED) is 0.0908. The van der Waals surface area contributed by atoms with Crippen molar-refractivity contribution < 1.29 is 19.2 Å². The van der Waals surface area contributed by atoms with Gasteiger partial charge in [-0.2, -0.15) is 25.3 Å². The topological polar surface area (TPSA) is 116 Å². The van der Waals surface area contributed by atoms with Crippen LogP contribution in [0, 0.1) is 5.92 Å². The van der Waals surface area contributed by atoms with Gasteiger partial charge in [0.1, 0.15) is 0 Å². The van der Waals surface area contributed by atoms with Crippen LogP contribution in [0.1, 0.15) is 26.2 Å². The fraction of sp³-hybridized carbons (Fsp3) is 0.733. The zero-order chi connectivity index (χ0) is 20.8. The molecule has 0 aromatic heterocycles. The first-order valence-corrected chi connectivity index (χ1v) is 11.7. The second kappa shape index (κ2) is 15.5. The maximum absolute atomic E-state index is 12.4. The van der Waals surface area contributed by atoms with E-state index >= 15 is 0 Å². The summed E-state index contributed by atoms with van der Waals surface area (Å²) in [6.07, 6.45) is 0.390. The van der Waals surface area contributed by atoms with Crippen LogP contribution in [0.15, 0.2) is 0 Å². The lowest BCUT2D eigenvalue weighted by Crippen LogP contribution is -2.39. The van der Waals surface area contributed by atoms with Crippen LogP contribution in [0.5, 0.6) is 0 Å². The predicted octanol–water partition coefficient (Wildman–Crippen LogP) is 0.410. The number of nitrogens with one attached hydrogen (secondary N) is 4. The van der Waals surface area contributed by atoms with Gasteiger partial charge in [0.15, 0.2) is 11.6 Å². The van der Waals surface area contributed by atoms with Gasteiger partial charge in [-0.25, -0.2) is 9.44 Å². The Labute approximate surface area is 179 Å². The summed E-state index contributed by atoms with van der Waals surface area (Å²) in [5.41, 5.74) is 0. The number of rotatable bonds is 15. The van der Waals surface area contributed by atoms with Crippen LogP contribution in [0.2, 0.25) is 0 Å². The molecule has 0 bridgehead atoms. The first-order valence-electron chi connectivity index (χ1n) is 8.33. The van der Waals surface area contributed by atoms with E-state index in [-0.39, 0.29) is 54.1 Å². The molecule has 0 aromatic rings. The smallest absolute Gasteiger partial charge is 0.220 e. The molecule has 2 amide bonds. The van der Waals surface area contributed by atoms with Crippen molar-refractivity contribution in [1.82, 2.24) is 20.1 Å². The second-order valence-corrected chi connectivity index (χ2v) is 8.23. The van der Waals surface area contributed by atoms with Gasteiger partial charge in [-0.15, -0.1) is 0 Å². The van der Waals surface area contributed by atoms with Gasteiger partial charge in [0.25, 0.3) is 0 Å². The van der Waals surface area contributed by atoms with Crippen molar-refractivity contribution in [3.63, 3.8) is 0 Å². The van der Waals surface area contributed by atoms with Gasteiger partial charge >= 0.3 is 0 Å². The summed E-state index contributed by atoms with van der Waals surface area (Å²) < 4.78 is 5.94. The third kappa shape index (κ3) is 11.3. The number of thiol groups is 2. The molecule has 0 aliphatic heterocycles. The summed E-state index contributed by atoms with van der Waals surface area (Å²) in [7, 11) is 5.38. The number of hydrogen-bond donors (Lipinski definition) is 6. The van der Waals surface area contributed by atoms with Crippen molar-refractivity contribution in [2.24, 2.45) is 5.92 Å². The maximum Gasteiger partial charge on any atom is 0.220 e. The Morgan fingerprint density at radius 3 is 1.85 bits per heavy atom. The molecule has 4 N–H and O–H groups in total. The van der Waals surface area contributed by atoms with Crippen molar-refractivity contribution >= 4 is 70.6 Å². The highest BCUT2D eigenvalue weighted by atomic mass is 33.1. The molecule has 8 nitrogen and oxygen atoms in total. The van der Waals surface area contributed by atoms with E-state index in [4.69, 9.17) is 0 Å². The molecule has 0 saturated heterocycles. The minimum atomic E-state index is -0.523. The van der Waals surface area contributed by atoms with Gasteiger partial charge in [0.2, 0.25) is 11.8 Å². The standard InChI is InChI=1S/C15H28N4O4S4/c1-9(6-14(22)17-3)15(23)11(8-25)19-27-26-18-10(7-24)12(20)4-5-13(21)16-2/h9-11,18-19,24-25H,4-8H2,1-3H3,(H,16,21)(H,17,22)/t9?,10-,11-/m0/s1. The molecule has 12 heteroatoms. The molecule has 0 aliphatic carbocycles. The Morgan fingerprint density at radius 2 is 1.37 bits per heavy atom. The van der Waals surface area contributed by atoms with E-state index in [9.17, 15) is 19.2 Å². The molecule has 0 aliphatic rings. The van der Waals surface area contributed by atoms with E-state index in [1.165, 1.54) is 36.1 Å². The molecule has 0 spiro atoms. The van der Waals surface area contributed by atoms with Gasteiger partial charge in [0.05, 0.1) is 12.1 Å². The third-order valence-corrected chi connectivity index (χ3v) is 6.06. The summed E-state index contributed by atoms with van der Waals surface area (Å²) in [6.45, 7) is 1.70. The lowest BCUT2D eigenvalue weighted by molar-refractivity contribution is -0.128. The van der Waals surface area contributed by atoms with E-state index < -0.39 is 18.0 Å². The zero-order valence-corrected chi connectivity index (χ0v) is 19.0. The Balaban J connectivity index is 4.32. The average Bonchev–Trinajstić information content (AvgIpc) is 2.67. The fourth-order valence-corrected chi connectivity index (χ4v) is 4.46. The summed E-state index contributed by atoms with van der Waals surface area (Å²) in [5, 5.41) is 4.97. The fourth-order valence-electron chi connectivity index (χ4n) is 1.91. The zero-order valence-electron chi connectivity index (χ0n) is 15.6. The van der Waals surface area contributed by atoms with Crippen molar-refractivity contribution in [2.75, 3.05) is 25.6 Å². The summed E-state index contributed by atoms with van der Waals surface area (Å²) >= 11 is 8.33. The molecule has 0 saturated carbocycles. The predicted molar refractivity (Wildman–Crippen MR) is 118 cm³/mol. The van der Waals surface area contributed by atoms with Crippen LogP contribution < -0.4 is 20.1 Å². The number of amides is 2. The Bertz CT molecular complexity index is 510. The second-order valence-electron chi connectivity index (χ2n) is 5.69. The van der Waals surface area contributed by atoms with E-state index in [1.807, 2.05) is 0 Å². The van der Waals surface area contributed by atoms with Gasteiger partial charge in [-0.1, -0.05) is 6.92 Å². The third-order valence-electron chi connectivity index (χ3n) is 3.65. The van der Waals surface area contributed by atoms with Crippen molar-refractivity contribution in [2.45, 2.75) is 38.3 Å². The molecule has 0 aromatic carbocycles. The number of Topliss-reactive ketones (excluding diaryl/α,β-unsaturated/α-hetero) is 2. The minimum absolute atomic E-state index is 0.103. The SMILES string of the molecule is CNC(=O)CCC(=O)[C@H](CS)NSSN[C@@H](CS)C(=O)C(C)CC(=O)NC. The first kappa shape index (κ1) is 26.6. The Kier molecular flexibility index (Phi) is 15.3. The maximum atomic E-state index is 12.4. The van der Waals surface area contributed by atoms with E-state index in [0.717, 1.165) is 0 Å². The number of ketones is 2. The van der Waals surface area contributed by atoms with Crippen LogP contribution in [0.25, 0.3) is 0 Å². The molecule has 156 valence electrons. The van der Waals surface area contributed by atoms with Gasteiger partial charge in [-0.3, -0.25) is 19.2 Å². The molecule has 27 heavy (non-hydrogen) atoms. The lowest BCUT2D eigenvalue weighted by Gasteiger charge is -2.19. The van der Waals surface area contributed by atoms with E-state index in [1.54, 1.807) is 6.92 Å². The highest BCUT2D eigenvalue weighted by Crippen LogP contribution is 2.18. The number of carbonyl (C=O) groups excluding carboxylic acids is 4. The molecular formula is C15H28N4O4S4. The van der Waals surface area contributed by atoms with Crippen LogP contribution in [0.3, 0.4) is 0 Å². The summed E-state index contributed by atoms with van der Waals surface area (Å²) in [6, 6.07) is -1.03. The molecule has 0 fully saturated rings. The molecule has 1 unspecified atom stereocenters. The van der Waals surface area contributed by atoms with Crippen molar-refractivity contribution in [3.8, 4) is 0 Å². The molecule has 3 atom stereocenters. The van der Waals surface area contributed by atoms with Crippen LogP contribution in [-0.2, 0) is 19.2 Å². The van der Waals surface area contributed by atoms with E-state index in [0.29, 0.717) is 0 Å².